The molecule has 0 bridgehead atoms. The van der Waals surface area contributed by atoms with Gasteiger partial charge in [-0.15, -0.1) is 0 Å². The molecule has 0 atom stereocenters. The molecular formula is C25H42O5. The summed E-state index contributed by atoms with van der Waals surface area (Å²) < 4.78 is 15.9. The summed E-state index contributed by atoms with van der Waals surface area (Å²) in [5.41, 5.74) is 0.175. The lowest BCUT2D eigenvalue weighted by molar-refractivity contribution is 0.0972. The second-order valence-electron chi connectivity index (χ2n) is 7.96. The maximum atomic E-state index is 12.7. The highest BCUT2D eigenvalue weighted by atomic mass is 16.5. The van der Waals surface area contributed by atoms with E-state index in [1.54, 1.807) is 0 Å². The zero-order valence-corrected chi connectivity index (χ0v) is 19.6. The van der Waals surface area contributed by atoms with E-state index in [-0.39, 0.29) is 22.8 Å². The molecule has 1 aromatic rings. The molecule has 1 rings (SSSR count). The normalized spacial score (nSPS) is 10.8. The Hall–Kier alpha value is -1.91. The summed E-state index contributed by atoms with van der Waals surface area (Å²) in [6, 6.07) is 1.40. The second kappa shape index (κ2) is 15.9. The molecule has 172 valence electrons. The first-order chi connectivity index (χ1) is 14.6. The van der Waals surface area contributed by atoms with Gasteiger partial charge in [0.25, 0.3) is 0 Å². The molecule has 5 nitrogen and oxygen atoms in total. The third kappa shape index (κ3) is 8.85. The van der Waals surface area contributed by atoms with E-state index >= 15 is 0 Å². The first-order valence-corrected chi connectivity index (χ1v) is 11.7. The first kappa shape index (κ1) is 26.1. The molecule has 0 aliphatic carbocycles. The number of rotatable bonds is 18. The minimum atomic E-state index is -0.135. The van der Waals surface area contributed by atoms with E-state index in [1.807, 2.05) is 0 Å². The highest BCUT2D eigenvalue weighted by Crippen LogP contribution is 2.45. The molecule has 0 fully saturated rings. The molecule has 0 unspecified atom stereocenters. The van der Waals surface area contributed by atoms with Crippen molar-refractivity contribution in [3.8, 4) is 23.0 Å². The van der Waals surface area contributed by atoms with Crippen LogP contribution in [0.3, 0.4) is 0 Å². The highest BCUT2D eigenvalue weighted by Gasteiger charge is 2.24. The van der Waals surface area contributed by atoms with Crippen molar-refractivity contribution in [2.45, 2.75) is 96.8 Å². The van der Waals surface area contributed by atoms with Gasteiger partial charge in [0.15, 0.2) is 17.3 Å². The monoisotopic (exact) mass is 422 g/mol. The van der Waals surface area contributed by atoms with Crippen molar-refractivity contribution in [1.29, 1.82) is 0 Å². The number of phenols is 1. The fourth-order valence-corrected chi connectivity index (χ4v) is 3.84. The zero-order valence-electron chi connectivity index (χ0n) is 19.6. The van der Waals surface area contributed by atoms with Crippen molar-refractivity contribution >= 4 is 5.78 Å². The van der Waals surface area contributed by atoms with E-state index < -0.39 is 0 Å². The molecule has 0 aromatic heterocycles. The van der Waals surface area contributed by atoms with E-state index in [1.165, 1.54) is 91.6 Å². The van der Waals surface area contributed by atoms with E-state index in [4.69, 9.17) is 14.2 Å². The van der Waals surface area contributed by atoms with Crippen molar-refractivity contribution in [2.24, 2.45) is 0 Å². The lowest BCUT2D eigenvalue weighted by Crippen LogP contribution is -2.05. The van der Waals surface area contributed by atoms with E-state index in [0.29, 0.717) is 17.9 Å². The van der Waals surface area contributed by atoms with Gasteiger partial charge in [-0.1, -0.05) is 84.0 Å². The molecule has 0 saturated heterocycles. The van der Waals surface area contributed by atoms with E-state index in [9.17, 15) is 9.90 Å². The van der Waals surface area contributed by atoms with Crippen LogP contribution in [-0.2, 0) is 0 Å². The van der Waals surface area contributed by atoms with Crippen molar-refractivity contribution in [2.75, 3.05) is 21.3 Å². The summed E-state index contributed by atoms with van der Waals surface area (Å²) in [4.78, 5) is 12.7. The van der Waals surface area contributed by atoms with Gasteiger partial charge in [-0.3, -0.25) is 4.79 Å². The molecule has 0 heterocycles. The predicted molar refractivity (Wildman–Crippen MR) is 122 cm³/mol. The van der Waals surface area contributed by atoms with Gasteiger partial charge < -0.3 is 19.3 Å². The summed E-state index contributed by atoms with van der Waals surface area (Å²) in [6.07, 6.45) is 16.8. The molecule has 1 N–H and O–H groups in total. The van der Waals surface area contributed by atoms with Crippen molar-refractivity contribution in [3.63, 3.8) is 0 Å². The highest BCUT2D eigenvalue weighted by molar-refractivity contribution is 6.02. The molecule has 30 heavy (non-hydrogen) atoms. The Labute approximate surface area is 183 Å². The lowest BCUT2D eigenvalue weighted by atomic mass is 10.0. The average Bonchev–Trinajstić information content (AvgIpc) is 2.75. The number of aromatic hydroxyl groups is 1. The van der Waals surface area contributed by atoms with Gasteiger partial charge in [0.2, 0.25) is 5.75 Å². The average molecular weight is 423 g/mol. The van der Waals surface area contributed by atoms with E-state index in [0.717, 1.165) is 19.3 Å². The van der Waals surface area contributed by atoms with Gasteiger partial charge in [-0.05, 0) is 6.42 Å². The Morgan fingerprint density at radius 2 is 1.20 bits per heavy atom. The number of hydrogen-bond acceptors (Lipinski definition) is 5. The van der Waals surface area contributed by atoms with Gasteiger partial charge in [0.05, 0.1) is 21.3 Å². The van der Waals surface area contributed by atoms with Crippen molar-refractivity contribution < 1.29 is 24.1 Å². The van der Waals surface area contributed by atoms with Crippen LogP contribution in [0.1, 0.15) is 107 Å². The molecule has 0 spiro atoms. The Morgan fingerprint density at radius 3 is 1.63 bits per heavy atom. The Morgan fingerprint density at radius 1 is 0.733 bits per heavy atom. The van der Waals surface area contributed by atoms with Crippen LogP contribution in [0.15, 0.2) is 6.07 Å². The summed E-state index contributed by atoms with van der Waals surface area (Å²) in [7, 11) is 4.42. The third-order valence-corrected chi connectivity index (χ3v) is 5.60. The molecule has 5 heteroatoms. The maximum Gasteiger partial charge on any atom is 0.204 e. The summed E-state index contributed by atoms with van der Waals surface area (Å²) >= 11 is 0. The predicted octanol–water partition coefficient (Wildman–Crippen LogP) is 7.08. The summed E-state index contributed by atoms with van der Waals surface area (Å²) in [5, 5.41) is 10.3. The number of carbonyl (C=O) groups excluding carboxylic acids is 1. The number of ether oxygens (including phenoxy) is 3. The van der Waals surface area contributed by atoms with Gasteiger partial charge >= 0.3 is 0 Å². The van der Waals surface area contributed by atoms with Gasteiger partial charge in [0.1, 0.15) is 11.3 Å². The molecule has 0 saturated carbocycles. The maximum absolute atomic E-state index is 12.7. The van der Waals surface area contributed by atoms with Crippen LogP contribution < -0.4 is 14.2 Å². The van der Waals surface area contributed by atoms with Gasteiger partial charge in [-0.2, -0.15) is 0 Å². The van der Waals surface area contributed by atoms with Crippen molar-refractivity contribution in [3.05, 3.63) is 11.6 Å². The number of methoxy groups -OCH3 is 3. The number of unbranched alkanes of at least 4 members (excludes halogenated alkanes) is 12. The molecule has 0 radical (unpaired) electrons. The quantitative estimate of drug-likeness (QED) is 0.202. The van der Waals surface area contributed by atoms with Crippen LogP contribution in [0.2, 0.25) is 0 Å². The molecule has 0 aliphatic rings. The number of phenolic OH excluding ortho intramolecular Hbond substituents is 1. The number of benzene rings is 1. The Balaban J connectivity index is 2.28. The Bertz CT molecular complexity index is 612. The standard InChI is InChI=1S/C25H42O5/c1-5-6-7-8-9-10-11-12-13-14-15-16-17-18-20(26)23-21(27)19-22(28-2)24(29-3)25(23)30-4/h19,27H,5-18H2,1-4H3. The summed E-state index contributed by atoms with van der Waals surface area (Å²) in [6.45, 7) is 2.26. The fourth-order valence-electron chi connectivity index (χ4n) is 3.84. The lowest BCUT2D eigenvalue weighted by Gasteiger charge is -2.16. The van der Waals surface area contributed by atoms with Crippen LogP contribution in [0.5, 0.6) is 23.0 Å². The smallest absolute Gasteiger partial charge is 0.204 e. The second-order valence-corrected chi connectivity index (χ2v) is 7.96. The molecule has 0 amide bonds. The largest absolute Gasteiger partial charge is 0.507 e. The van der Waals surface area contributed by atoms with Crippen LogP contribution in [-0.4, -0.2) is 32.2 Å². The minimum Gasteiger partial charge on any atom is -0.507 e. The fraction of sp³-hybridized carbons (Fsp3) is 0.720. The topological polar surface area (TPSA) is 65.0 Å². The minimum absolute atomic E-state index is 0.131. The number of ketones is 1. The zero-order chi connectivity index (χ0) is 22.2. The van der Waals surface area contributed by atoms with Gasteiger partial charge in [-0.25, -0.2) is 0 Å². The van der Waals surface area contributed by atoms with Crippen LogP contribution in [0, 0.1) is 0 Å². The number of Topliss-reactive ketones (excluding diaryl/α,β-unsaturated/α-hetero) is 1. The molecule has 1 aromatic carbocycles. The van der Waals surface area contributed by atoms with Crippen LogP contribution in [0.4, 0.5) is 0 Å². The first-order valence-electron chi connectivity index (χ1n) is 11.7. The van der Waals surface area contributed by atoms with Crippen LogP contribution >= 0.6 is 0 Å². The third-order valence-electron chi connectivity index (χ3n) is 5.60. The van der Waals surface area contributed by atoms with E-state index in [2.05, 4.69) is 6.92 Å². The Kier molecular flexibility index (Phi) is 13.8. The molecular weight excluding hydrogens is 380 g/mol. The SMILES string of the molecule is CCCCCCCCCCCCCCCC(=O)c1c(O)cc(OC)c(OC)c1OC. The number of carbonyl (C=O) groups is 1. The number of hydrogen-bond donors (Lipinski definition) is 1. The molecule has 0 aliphatic heterocycles. The van der Waals surface area contributed by atoms with Gasteiger partial charge in [0, 0.05) is 12.5 Å². The van der Waals surface area contributed by atoms with Crippen LogP contribution in [0.25, 0.3) is 0 Å². The van der Waals surface area contributed by atoms with Crippen molar-refractivity contribution in [1.82, 2.24) is 0 Å². The summed E-state index contributed by atoms with van der Waals surface area (Å²) in [5.74, 6) is 0.627.